The van der Waals surface area contributed by atoms with Crippen LogP contribution in [0.15, 0.2) is 42.5 Å². The van der Waals surface area contributed by atoms with Crippen LogP contribution in [0.1, 0.15) is 51.7 Å². The molecule has 2 rings (SSSR count). The summed E-state index contributed by atoms with van der Waals surface area (Å²) in [7, 11) is 2.68. The lowest BCUT2D eigenvalue weighted by molar-refractivity contribution is -0.133. The largest absolute Gasteiger partial charge is 0.493 e. The maximum atomic E-state index is 13.7. The van der Waals surface area contributed by atoms with Gasteiger partial charge in [0.05, 0.1) is 27.3 Å². The van der Waals surface area contributed by atoms with E-state index < -0.39 is 37.0 Å². The summed E-state index contributed by atoms with van der Waals surface area (Å²) in [6.45, 7) is 7.33. The minimum atomic E-state index is -1.76. The second kappa shape index (κ2) is 17.4. The summed E-state index contributed by atoms with van der Waals surface area (Å²) < 4.78 is 16.5. The van der Waals surface area contributed by atoms with Gasteiger partial charge < -0.3 is 40.2 Å². The van der Waals surface area contributed by atoms with Gasteiger partial charge in [-0.3, -0.25) is 14.4 Å². The van der Waals surface area contributed by atoms with Crippen molar-refractivity contribution in [2.45, 2.75) is 71.4 Å². The van der Waals surface area contributed by atoms with E-state index in [-0.39, 0.29) is 30.6 Å². The van der Waals surface area contributed by atoms with Crippen molar-refractivity contribution >= 4 is 24.8 Å². The monoisotopic (exact) mass is 599 g/mol. The Morgan fingerprint density at radius 3 is 2.00 bits per heavy atom. The predicted molar refractivity (Wildman–Crippen MR) is 165 cm³/mol. The second-order valence-electron chi connectivity index (χ2n) is 11.2. The van der Waals surface area contributed by atoms with E-state index in [1.165, 1.54) is 21.3 Å². The summed E-state index contributed by atoms with van der Waals surface area (Å²) in [4.78, 5) is 40.1. The Labute approximate surface area is 254 Å². The van der Waals surface area contributed by atoms with Gasteiger partial charge in [0.25, 0.3) is 0 Å². The Balaban J connectivity index is 2.34. The maximum absolute atomic E-state index is 13.7. The zero-order valence-corrected chi connectivity index (χ0v) is 26.2. The van der Waals surface area contributed by atoms with Crippen molar-refractivity contribution in [2.24, 2.45) is 11.8 Å². The van der Waals surface area contributed by atoms with Gasteiger partial charge in [0.1, 0.15) is 12.1 Å². The third-order valence-corrected chi connectivity index (χ3v) is 7.00. The molecule has 0 aliphatic heterocycles. The van der Waals surface area contributed by atoms with E-state index in [0.717, 1.165) is 5.56 Å². The van der Waals surface area contributed by atoms with Crippen LogP contribution in [-0.2, 0) is 27.2 Å². The molecule has 11 nitrogen and oxygen atoms in total. The van der Waals surface area contributed by atoms with Gasteiger partial charge in [-0.15, -0.1) is 0 Å². The molecule has 2 aromatic carbocycles. The van der Waals surface area contributed by atoms with Crippen molar-refractivity contribution in [1.82, 2.24) is 16.0 Å². The zero-order chi connectivity index (χ0) is 32.1. The van der Waals surface area contributed by atoms with E-state index in [0.29, 0.717) is 35.7 Å². The summed E-state index contributed by atoms with van der Waals surface area (Å²) in [6.07, 6.45) is 1.00. The zero-order valence-electron chi connectivity index (χ0n) is 26.2. The third-order valence-electron chi connectivity index (χ3n) is 7.00. The van der Waals surface area contributed by atoms with Crippen LogP contribution in [0.25, 0.3) is 0 Å². The minimum absolute atomic E-state index is 0.0319. The lowest BCUT2D eigenvalue weighted by atomic mass is 9.75. The van der Waals surface area contributed by atoms with E-state index in [1.807, 2.05) is 44.2 Å². The van der Waals surface area contributed by atoms with Crippen LogP contribution in [0.2, 0.25) is 0 Å². The minimum Gasteiger partial charge on any atom is -0.493 e. The lowest BCUT2D eigenvalue weighted by Crippen LogP contribution is -2.59. The molecule has 2 aromatic rings. The Kier molecular flexibility index (Phi) is 14.3. The van der Waals surface area contributed by atoms with Crippen LogP contribution in [-0.4, -0.2) is 74.2 Å². The summed E-state index contributed by atoms with van der Waals surface area (Å²) in [5.74, 6) is -1.50. The Morgan fingerprint density at radius 2 is 1.47 bits per heavy atom. The molecule has 0 saturated carbocycles. The SMILES string of the molecule is COc1ccc(CC(NC(=O)CCc2ccccc2)C(=O)NC(C(=O)NC(CC(C)C)B(O)O)C(C)C)c(OC)c1OC. The molecule has 0 bridgehead atoms. The Hall–Kier alpha value is -3.77. The molecule has 0 aromatic heterocycles. The van der Waals surface area contributed by atoms with Crippen molar-refractivity contribution in [3.63, 3.8) is 0 Å². The van der Waals surface area contributed by atoms with Gasteiger partial charge in [-0.2, -0.15) is 0 Å². The van der Waals surface area contributed by atoms with Gasteiger partial charge in [-0.05, 0) is 36.3 Å². The Morgan fingerprint density at radius 1 is 0.814 bits per heavy atom. The Bertz CT molecular complexity index is 1190. The quantitative estimate of drug-likeness (QED) is 0.173. The number of hydrogen-bond donors (Lipinski definition) is 5. The van der Waals surface area contributed by atoms with Crippen LogP contribution < -0.4 is 30.2 Å². The number of nitrogens with one attached hydrogen (secondary N) is 3. The van der Waals surface area contributed by atoms with Crippen LogP contribution in [0.4, 0.5) is 0 Å². The van der Waals surface area contributed by atoms with E-state index in [1.54, 1.807) is 26.0 Å². The molecule has 0 spiro atoms. The molecule has 0 aliphatic rings. The van der Waals surface area contributed by atoms with Crippen LogP contribution in [0, 0.1) is 11.8 Å². The molecular weight excluding hydrogens is 553 g/mol. The number of rotatable bonds is 17. The van der Waals surface area contributed by atoms with Crippen molar-refractivity contribution in [1.29, 1.82) is 0 Å². The van der Waals surface area contributed by atoms with Crippen molar-refractivity contribution in [3.05, 3.63) is 53.6 Å². The highest BCUT2D eigenvalue weighted by atomic mass is 16.5. The van der Waals surface area contributed by atoms with Gasteiger partial charge in [0, 0.05) is 18.4 Å². The van der Waals surface area contributed by atoms with Crippen LogP contribution >= 0.6 is 0 Å². The number of carbonyl (C=O) groups excluding carboxylic acids is 3. The molecule has 0 saturated heterocycles. The molecule has 5 N–H and O–H groups in total. The molecule has 0 aliphatic carbocycles. The van der Waals surface area contributed by atoms with Crippen LogP contribution in [0.5, 0.6) is 17.2 Å². The summed E-state index contributed by atoms with van der Waals surface area (Å²) in [6, 6.07) is 10.9. The number of benzene rings is 2. The predicted octanol–water partition coefficient (Wildman–Crippen LogP) is 2.06. The maximum Gasteiger partial charge on any atom is 0.475 e. The molecule has 43 heavy (non-hydrogen) atoms. The normalized spacial score (nSPS) is 13.1. The number of carbonyl (C=O) groups is 3. The van der Waals surface area contributed by atoms with Crippen molar-refractivity contribution in [3.8, 4) is 17.2 Å². The smallest absolute Gasteiger partial charge is 0.475 e. The fourth-order valence-corrected chi connectivity index (χ4v) is 4.75. The van der Waals surface area contributed by atoms with Gasteiger partial charge in [-0.25, -0.2) is 0 Å². The number of aryl methyl sites for hydroxylation is 1. The van der Waals surface area contributed by atoms with E-state index in [9.17, 15) is 24.4 Å². The molecule has 236 valence electrons. The summed E-state index contributed by atoms with van der Waals surface area (Å²) in [5.41, 5.74) is 1.56. The molecule has 3 amide bonds. The molecule has 0 radical (unpaired) electrons. The average molecular weight is 600 g/mol. The average Bonchev–Trinajstić information content (AvgIpc) is 2.97. The van der Waals surface area contributed by atoms with Crippen molar-refractivity contribution < 1.29 is 38.6 Å². The van der Waals surface area contributed by atoms with Gasteiger partial charge >= 0.3 is 7.12 Å². The lowest BCUT2D eigenvalue weighted by Gasteiger charge is -2.28. The third kappa shape index (κ3) is 10.8. The highest BCUT2D eigenvalue weighted by Gasteiger charge is 2.33. The highest BCUT2D eigenvalue weighted by Crippen LogP contribution is 2.40. The first-order valence-corrected chi connectivity index (χ1v) is 14.5. The molecular formula is C31H46BN3O8. The number of methoxy groups -OCH3 is 3. The topological polar surface area (TPSA) is 155 Å². The second-order valence-corrected chi connectivity index (χ2v) is 11.2. The first-order chi connectivity index (χ1) is 20.4. The van der Waals surface area contributed by atoms with Gasteiger partial charge in [0.2, 0.25) is 23.5 Å². The molecule has 0 heterocycles. The van der Waals surface area contributed by atoms with E-state index in [2.05, 4.69) is 16.0 Å². The molecule has 12 heteroatoms. The first-order valence-electron chi connectivity index (χ1n) is 14.5. The van der Waals surface area contributed by atoms with Gasteiger partial charge in [0.15, 0.2) is 11.5 Å². The molecule has 0 fully saturated rings. The number of hydrogen-bond acceptors (Lipinski definition) is 8. The number of ether oxygens (including phenoxy) is 3. The van der Waals surface area contributed by atoms with E-state index >= 15 is 0 Å². The number of amides is 3. The fraction of sp³-hybridized carbons (Fsp3) is 0.516. The summed E-state index contributed by atoms with van der Waals surface area (Å²) in [5, 5.41) is 27.9. The van der Waals surface area contributed by atoms with E-state index in [4.69, 9.17) is 14.2 Å². The standard InChI is InChI=1S/C31H46BN3O8/c1-19(2)17-25(32(39)40)34-31(38)27(20(3)4)35-30(37)23(33-26(36)16-13-21-11-9-8-10-12-21)18-22-14-15-24(41-5)29(43-7)28(22)42-6/h8-12,14-15,19-20,23,25,27,39-40H,13,16-18H2,1-7H3,(H,33,36)(H,34,38)(H,35,37). The molecule has 3 atom stereocenters. The highest BCUT2D eigenvalue weighted by molar-refractivity contribution is 6.43. The first kappa shape index (κ1) is 35.4. The van der Waals surface area contributed by atoms with Crippen LogP contribution in [0.3, 0.4) is 0 Å². The summed E-state index contributed by atoms with van der Waals surface area (Å²) >= 11 is 0. The molecule has 3 unspecified atom stereocenters. The van der Waals surface area contributed by atoms with Gasteiger partial charge in [-0.1, -0.05) is 64.1 Å². The van der Waals surface area contributed by atoms with Crippen molar-refractivity contribution in [2.75, 3.05) is 21.3 Å². The fourth-order valence-electron chi connectivity index (χ4n) is 4.75.